The summed E-state index contributed by atoms with van der Waals surface area (Å²) in [6, 6.07) is 9.31. The van der Waals surface area contributed by atoms with Gasteiger partial charge in [-0.05, 0) is 0 Å². The standard InChI is InChI=1S/C11H9ClN2O2/c1-14-10(7-5-3-2-4-6-7)8(12)9(13-14)11(15)16/h2-6H,1H3,(H,15,16). The van der Waals surface area contributed by atoms with Crippen LogP contribution in [0, 0.1) is 0 Å². The Morgan fingerprint density at radius 1 is 1.38 bits per heavy atom. The average Bonchev–Trinajstić information content (AvgIpc) is 2.56. The lowest BCUT2D eigenvalue weighted by Gasteiger charge is -2.01. The molecule has 0 saturated heterocycles. The van der Waals surface area contributed by atoms with E-state index in [-0.39, 0.29) is 10.7 Å². The molecule has 2 aromatic rings. The van der Waals surface area contributed by atoms with Crippen LogP contribution in [-0.4, -0.2) is 20.9 Å². The first kappa shape index (κ1) is 10.7. The zero-order chi connectivity index (χ0) is 11.7. The van der Waals surface area contributed by atoms with Crippen molar-refractivity contribution < 1.29 is 9.90 Å². The zero-order valence-electron chi connectivity index (χ0n) is 8.51. The number of carbonyl (C=O) groups is 1. The maximum absolute atomic E-state index is 10.9. The summed E-state index contributed by atoms with van der Waals surface area (Å²) in [5, 5.41) is 12.9. The maximum atomic E-state index is 10.9. The van der Waals surface area contributed by atoms with Crippen molar-refractivity contribution in [2.45, 2.75) is 0 Å². The second kappa shape index (κ2) is 3.98. The Morgan fingerprint density at radius 3 is 2.50 bits per heavy atom. The molecule has 1 aromatic heterocycles. The van der Waals surface area contributed by atoms with Crippen molar-refractivity contribution in [3.8, 4) is 11.3 Å². The molecular formula is C11H9ClN2O2. The first-order chi connectivity index (χ1) is 7.61. The summed E-state index contributed by atoms with van der Waals surface area (Å²) >= 11 is 5.99. The smallest absolute Gasteiger partial charge is 0.358 e. The lowest BCUT2D eigenvalue weighted by Crippen LogP contribution is -1.99. The van der Waals surface area contributed by atoms with Gasteiger partial charge < -0.3 is 5.11 Å². The zero-order valence-corrected chi connectivity index (χ0v) is 9.27. The Bertz CT molecular complexity index is 534. The first-order valence-corrected chi connectivity index (χ1v) is 5.00. The maximum Gasteiger partial charge on any atom is 0.358 e. The normalized spacial score (nSPS) is 10.4. The van der Waals surface area contributed by atoms with Gasteiger partial charge in [-0.25, -0.2) is 4.79 Å². The molecule has 0 aliphatic carbocycles. The van der Waals surface area contributed by atoms with Gasteiger partial charge in [0.1, 0.15) is 5.02 Å². The molecule has 4 nitrogen and oxygen atoms in total. The molecule has 5 heteroatoms. The fraction of sp³-hybridized carbons (Fsp3) is 0.0909. The van der Waals surface area contributed by atoms with Gasteiger partial charge in [-0.15, -0.1) is 0 Å². The second-order valence-electron chi connectivity index (χ2n) is 3.31. The molecule has 0 aliphatic heterocycles. The number of hydrogen-bond acceptors (Lipinski definition) is 2. The average molecular weight is 237 g/mol. The van der Waals surface area contributed by atoms with E-state index in [4.69, 9.17) is 16.7 Å². The Hall–Kier alpha value is -1.81. The van der Waals surface area contributed by atoms with E-state index >= 15 is 0 Å². The number of hydrogen-bond donors (Lipinski definition) is 1. The van der Waals surface area contributed by atoms with Gasteiger partial charge in [0.2, 0.25) is 0 Å². The van der Waals surface area contributed by atoms with Gasteiger partial charge in [0.05, 0.1) is 5.69 Å². The molecule has 0 saturated carbocycles. The molecule has 16 heavy (non-hydrogen) atoms. The quantitative estimate of drug-likeness (QED) is 0.871. The number of aromatic nitrogens is 2. The van der Waals surface area contributed by atoms with E-state index in [1.807, 2.05) is 30.3 Å². The highest BCUT2D eigenvalue weighted by Crippen LogP contribution is 2.29. The fourth-order valence-corrected chi connectivity index (χ4v) is 1.89. The molecule has 0 radical (unpaired) electrons. The third-order valence-electron chi connectivity index (χ3n) is 2.24. The molecule has 0 bridgehead atoms. The molecule has 0 aliphatic rings. The van der Waals surface area contributed by atoms with Crippen molar-refractivity contribution in [2.24, 2.45) is 7.05 Å². The van der Waals surface area contributed by atoms with Gasteiger partial charge in [-0.3, -0.25) is 4.68 Å². The highest BCUT2D eigenvalue weighted by atomic mass is 35.5. The Kier molecular flexibility index (Phi) is 2.66. The number of carboxylic acid groups (broad SMARTS) is 1. The topological polar surface area (TPSA) is 55.1 Å². The van der Waals surface area contributed by atoms with E-state index in [1.54, 1.807) is 7.05 Å². The summed E-state index contributed by atoms with van der Waals surface area (Å²) in [4.78, 5) is 10.9. The lowest BCUT2D eigenvalue weighted by molar-refractivity contribution is 0.0690. The van der Waals surface area contributed by atoms with E-state index in [0.717, 1.165) is 5.56 Å². The predicted octanol–water partition coefficient (Wildman–Crippen LogP) is 2.44. The van der Waals surface area contributed by atoms with Crippen LogP contribution in [0.4, 0.5) is 0 Å². The largest absolute Gasteiger partial charge is 0.476 e. The van der Waals surface area contributed by atoms with Crippen LogP contribution in [0.25, 0.3) is 11.3 Å². The van der Waals surface area contributed by atoms with E-state index in [1.165, 1.54) is 4.68 Å². The van der Waals surface area contributed by atoms with Crippen molar-refractivity contribution in [2.75, 3.05) is 0 Å². The van der Waals surface area contributed by atoms with Crippen molar-refractivity contribution in [3.63, 3.8) is 0 Å². The number of carboxylic acids is 1. The van der Waals surface area contributed by atoms with Gasteiger partial charge in [-0.1, -0.05) is 41.9 Å². The molecule has 1 N–H and O–H groups in total. The van der Waals surface area contributed by atoms with Crippen LogP contribution in [-0.2, 0) is 7.05 Å². The number of rotatable bonds is 2. The van der Waals surface area contributed by atoms with Crippen molar-refractivity contribution in [1.29, 1.82) is 0 Å². The first-order valence-electron chi connectivity index (χ1n) is 4.62. The van der Waals surface area contributed by atoms with Crippen LogP contribution in [0.1, 0.15) is 10.5 Å². The summed E-state index contributed by atoms with van der Waals surface area (Å²) in [6.07, 6.45) is 0. The van der Waals surface area contributed by atoms with E-state index in [2.05, 4.69) is 5.10 Å². The van der Waals surface area contributed by atoms with Crippen LogP contribution in [0.15, 0.2) is 30.3 Å². The van der Waals surface area contributed by atoms with Crippen LogP contribution < -0.4 is 0 Å². The second-order valence-corrected chi connectivity index (χ2v) is 3.68. The van der Waals surface area contributed by atoms with Crippen LogP contribution in [0.3, 0.4) is 0 Å². The summed E-state index contributed by atoms with van der Waals surface area (Å²) in [6.45, 7) is 0. The lowest BCUT2D eigenvalue weighted by atomic mass is 10.1. The van der Waals surface area contributed by atoms with Gasteiger partial charge in [-0.2, -0.15) is 5.10 Å². The van der Waals surface area contributed by atoms with E-state index < -0.39 is 5.97 Å². The predicted molar refractivity (Wildman–Crippen MR) is 60.6 cm³/mol. The Morgan fingerprint density at radius 2 is 2.00 bits per heavy atom. The van der Waals surface area contributed by atoms with Crippen LogP contribution in [0.2, 0.25) is 5.02 Å². The van der Waals surface area contributed by atoms with Gasteiger partial charge in [0.15, 0.2) is 5.69 Å². The number of aryl methyl sites for hydroxylation is 1. The van der Waals surface area contributed by atoms with Gasteiger partial charge >= 0.3 is 5.97 Å². The minimum absolute atomic E-state index is 0.122. The Balaban J connectivity index is 2.63. The van der Waals surface area contributed by atoms with Crippen molar-refractivity contribution >= 4 is 17.6 Å². The summed E-state index contributed by atoms with van der Waals surface area (Å²) in [5.74, 6) is -1.12. The molecule has 0 amide bonds. The van der Waals surface area contributed by atoms with Crippen molar-refractivity contribution in [1.82, 2.24) is 9.78 Å². The van der Waals surface area contributed by atoms with Gasteiger partial charge in [0, 0.05) is 12.6 Å². The number of nitrogens with zero attached hydrogens (tertiary/aromatic N) is 2. The molecule has 0 spiro atoms. The minimum atomic E-state index is -1.12. The molecule has 82 valence electrons. The molecule has 0 atom stereocenters. The van der Waals surface area contributed by atoms with Crippen LogP contribution >= 0.6 is 11.6 Å². The third kappa shape index (κ3) is 1.67. The summed E-state index contributed by atoms with van der Waals surface area (Å²) < 4.78 is 1.47. The van der Waals surface area contributed by atoms with Crippen LogP contribution in [0.5, 0.6) is 0 Å². The molecule has 2 rings (SSSR count). The molecule has 1 heterocycles. The molecular weight excluding hydrogens is 228 g/mol. The highest BCUT2D eigenvalue weighted by Gasteiger charge is 2.20. The van der Waals surface area contributed by atoms with E-state index in [0.29, 0.717) is 5.69 Å². The summed E-state index contributed by atoms with van der Waals surface area (Å²) in [7, 11) is 1.67. The Labute approximate surface area is 97.1 Å². The SMILES string of the molecule is Cn1nc(C(=O)O)c(Cl)c1-c1ccccc1. The molecule has 0 fully saturated rings. The van der Waals surface area contributed by atoms with E-state index in [9.17, 15) is 4.79 Å². The number of halogens is 1. The number of benzene rings is 1. The number of aromatic carboxylic acids is 1. The van der Waals surface area contributed by atoms with Crippen molar-refractivity contribution in [3.05, 3.63) is 41.0 Å². The fourth-order valence-electron chi connectivity index (χ4n) is 1.54. The van der Waals surface area contributed by atoms with Gasteiger partial charge in [0.25, 0.3) is 0 Å². The summed E-state index contributed by atoms with van der Waals surface area (Å²) in [5.41, 5.74) is 1.33. The molecule has 1 aromatic carbocycles. The monoisotopic (exact) mass is 236 g/mol. The minimum Gasteiger partial charge on any atom is -0.476 e. The third-order valence-corrected chi connectivity index (χ3v) is 2.60. The highest BCUT2D eigenvalue weighted by molar-refractivity contribution is 6.35. The molecule has 0 unspecified atom stereocenters.